The first-order valence-electron chi connectivity index (χ1n) is 6.07. The molecule has 20 heavy (non-hydrogen) atoms. The Morgan fingerprint density at radius 2 is 1.95 bits per heavy atom. The molecule has 1 saturated heterocycles. The van der Waals surface area contributed by atoms with E-state index in [1.807, 2.05) is 0 Å². The molecule has 0 saturated carbocycles. The monoisotopic (exact) mass is 301 g/mol. The highest BCUT2D eigenvalue weighted by molar-refractivity contribution is 7.99. The lowest BCUT2D eigenvalue weighted by Gasteiger charge is -2.21. The minimum Gasteiger partial charge on any atom is -0.480 e. The average Bonchev–Trinajstić information content (AvgIpc) is 2.87. The average molecular weight is 301 g/mol. The van der Waals surface area contributed by atoms with E-state index in [1.165, 1.54) is 29.2 Å². The number of halogens is 2. The Morgan fingerprint density at radius 1 is 1.30 bits per heavy atom. The minimum atomic E-state index is -2.51. The number of hydrogen-bond acceptors (Lipinski definition) is 3. The van der Waals surface area contributed by atoms with Crippen LogP contribution in [0.1, 0.15) is 23.2 Å². The largest absolute Gasteiger partial charge is 0.480 e. The molecule has 1 N–H and O–H groups in total. The molecule has 7 heteroatoms. The maximum atomic E-state index is 12.2. The SMILES string of the molecule is O=C(O)[C@@H]1CCCN1C(=O)c1ccc(SC(F)F)cc1. The minimum absolute atomic E-state index is 0.316. The Hall–Kier alpha value is -1.63. The van der Waals surface area contributed by atoms with Crippen LogP contribution in [-0.4, -0.2) is 40.2 Å². The zero-order valence-electron chi connectivity index (χ0n) is 10.5. The van der Waals surface area contributed by atoms with Crippen molar-refractivity contribution in [2.45, 2.75) is 29.5 Å². The Balaban J connectivity index is 2.11. The van der Waals surface area contributed by atoms with Crippen LogP contribution < -0.4 is 0 Å². The van der Waals surface area contributed by atoms with Gasteiger partial charge in [0.2, 0.25) is 0 Å². The smallest absolute Gasteiger partial charge is 0.326 e. The second-order valence-corrected chi connectivity index (χ2v) is 5.46. The summed E-state index contributed by atoms with van der Waals surface area (Å²) in [5.74, 6) is -3.89. The van der Waals surface area contributed by atoms with Crippen LogP contribution in [0, 0.1) is 0 Å². The maximum Gasteiger partial charge on any atom is 0.326 e. The normalized spacial score (nSPS) is 18.6. The van der Waals surface area contributed by atoms with Gasteiger partial charge in [0.15, 0.2) is 0 Å². The van der Waals surface area contributed by atoms with E-state index in [1.54, 1.807) is 0 Å². The number of amides is 1. The lowest BCUT2D eigenvalue weighted by molar-refractivity contribution is -0.141. The molecule has 1 aliphatic heterocycles. The first-order valence-corrected chi connectivity index (χ1v) is 6.95. The first-order chi connectivity index (χ1) is 9.49. The first kappa shape index (κ1) is 14.8. The van der Waals surface area contributed by atoms with Gasteiger partial charge in [-0.05, 0) is 37.1 Å². The summed E-state index contributed by atoms with van der Waals surface area (Å²) in [6.07, 6.45) is 1.10. The summed E-state index contributed by atoms with van der Waals surface area (Å²) >= 11 is 0.404. The van der Waals surface area contributed by atoms with Gasteiger partial charge >= 0.3 is 5.97 Å². The molecule has 0 aromatic heterocycles. The standard InChI is InChI=1S/C13H13F2NO3S/c14-13(15)20-9-5-3-8(4-6-9)11(17)16-7-1-2-10(16)12(18)19/h3-6,10,13H,1-2,7H2,(H,18,19)/t10-/m0/s1. The van der Waals surface area contributed by atoms with Crippen LogP contribution >= 0.6 is 11.8 Å². The van der Waals surface area contributed by atoms with E-state index in [9.17, 15) is 18.4 Å². The van der Waals surface area contributed by atoms with E-state index in [2.05, 4.69) is 0 Å². The number of likely N-dealkylation sites (tertiary alicyclic amines) is 1. The van der Waals surface area contributed by atoms with E-state index in [0.717, 1.165) is 0 Å². The van der Waals surface area contributed by atoms with Gasteiger partial charge in [-0.25, -0.2) is 4.79 Å². The molecule has 1 fully saturated rings. The van der Waals surface area contributed by atoms with Crippen LogP contribution in [0.25, 0.3) is 0 Å². The fraction of sp³-hybridized carbons (Fsp3) is 0.385. The molecule has 2 rings (SSSR count). The van der Waals surface area contributed by atoms with Gasteiger partial charge in [0.05, 0.1) is 0 Å². The number of hydrogen-bond donors (Lipinski definition) is 1. The zero-order valence-corrected chi connectivity index (χ0v) is 11.3. The fourth-order valence-corrected chi connectivity index (χ4v) is 2.71. The third-order valence-corrected chi connectivity index (χ3v) is 3.85. The van der Waals surface area contributed by atoms with Crippen LogP contribution in [0.4, 0.5) is 8.78 Å². The third-order valence-electron chi connectivity index (χ3n) is 3.13. The Bertz CT molecular complexity index is 507. The Kier molecular flexibility index (Phi) is 4.59. The summed E-state index contributed by atoms with van der Waals surface area (Å²) in [5.41, 5.74) is 0.316. The van der Waals surface area contributed by atoms with Crippen molar-refractivity contribution in [1.29, 1.82) is 0 Å². The van der Waals surface area contributed by atoms with Crippen molar-refractivity contribution < 1.29 is 23.5 Å². The molecule has 0 aliphatic carbocycles. The van der Waals surface area contributed by atoms with Gasteiger partial charge in [0.25, 0.3) is 11.7 Å². The van der Waals surface area contributed by atoms with E-state index in [-0.39, 0.29) is 5.91 Å². The van der Waals surface area contributed by atoms with E-state index in [0.29, 0.717) is 41.6 Å². The number of rotatable bonds is 4. The number of carbonyl (C=O) groups excluding carboxylic acids is 1. The van der Waals surface area contributed by atoms with Gasteiger partial charge in [-0.15, -0.1) is 0 Å². The van der Waals surface area contributed by atoms with Crippen molar-refractivity contribution in [3.8, 4) is 0 Å². The second-order valence-electron chi connectivity index (χ2n) is 4.40. The zero-order chi connectivity index (χ0) is 14.7. The molecule has 1 aliphatic rings. The molecule has 0 bridgehead atoms. The molecule has 1 amide bonds. The highest BCUT2D eigenvalue weighted by atomic mass is 32.2. The number of carboxylic acid groups (broad SMARTS) is 1. The number of carboxylic acids is 1. The maximum absolute atomic E-state index is 12.2. The van der Waals surface area contributed by atoms with Gasteiger partial charge < -0.3 is 10.0 Å². The van der Waals surface area contributed by atoms with E-state index >= 15 is 0 Å². The van der Waals surface area contributed by atoms with Crippen molar-refractivity contribution in [2.75, 3.05) is 6.54 Å². The van der Waals surface area contributed by atoms with Gasteiger partial charge in [0.1, 0.15) is 6.04 Å². The molecule has 1 atom stereocenters. The van der Waals surface area contributed by atoms with Crippen LogP contribution in [-0.2, 0) is 4.79 Å². The molecular formula is C13H13F2NO3S. The summed E-state index contributed by atoms with van der Waals surface area (Å²) < 4.78 is 24.4. The highest BCUT2D eigenvalue weighted by Gasteiger charge is 2.34. The molecule has 1 aromatic rings. The Morgan fingerprint density at radius 3 is 2.50 bits per heavy atom. The fourth-order valence-electron chi connectivity index (χ4n) is 2.21. The van der Waals surface area contributed by atoms with Crippen molar-refractivity contribution in [2.24, 2.45) is 0 Å². The molecule has 4 nitrogen and oxygen atoms in total. The number of aliphatic carboxylic acids is 1. The lowest BCUT2D eigenvalue weighted by atomic mass is 10.1. The van der Waals surface area contributed by atoms with Crippen molar-refractivity contribution in [3.63, 3.8) is 0 Å². The number of carbonyl (C=O) groups is 2. The molecular weight excluding hydrogens is 288 g/mol. The number of thioether (sulfide) groups is 1. The van der Waals surface area contributed by atoms with Gasteiger partial charge in [-0.3, -0.25) is 4.79 Å². The highest BCUT2D eigenvalue weighted by Crippen LogP contribution is 2.26. The van der Waals surface area contributed by atoms with E-state index in [4.69, 9.17) is 5.11 Å². The molecule has 0 spiro atoms. The summed E-state index contributed by atoms with van der Waals surface area (Å²) in [5, 5.41) is 9.04. The van der Waals surface area contributed by atoms with Crippen LogP contribution in [0.3, 0.4) is 0 Å². The van der Waals surface area contributed by atoms with Gasteiger partial charge in [-0.1, -0.05) is 11.8 Å². The summed E-state index contributed by atoms with van der Waals surface area (Å²) in [7, 11) is 0. The number of alkyl halides is 2. The van der Waals surface area contributed by atoms with E-state index < -0.39 is 17.8 Å². The molecule has 0 unspecified atom stereocenters. The summed E-state index contributed by atoms with van der Waals surface area (Å²) in [6.45, 7) is 0.406. The summed E-state index contributed by atoms with van der Waals surface area (Å²) in [6, 6.07) is 4.98. The van der Waals surface area contributed by atoms with Crippen LogP contribution in [0.15, 0.2) is 29.2 Å². The van der Waals surface area contributed by atoms with Crippen molar-refractivity contribution in [3.05, 3.63) is 29.8 Å². The van der Waals surface area contributed by atoms with Crippen molar-refractivity contribution >= 4 is 23.6 Å². The van der Waals surface area contributed by atoms with Crippen LogP contribution in [0.5, 0.6) is 0 Å². The number of benzene rings is 1. The second kappa shape index (κ2) is 6.21. The lowest BCUT2D eigenvalue weighted by Crippen LogP contribution is -2.40. The quantitative estimate of drug-likeness (QED) is 0.869. The molecule has 1 heterocycles. The van der Waals surface area contributed by atoms with Gasteiger partial charge in [-0.2, -0.15) is 8.78 Å². The molecule has 0 radical (unpaired) electrons. The Labute approximate surface area is 118 Å². The molecule has 108 valence electrons. The predicted octanol–water partition coefficient (Wildman–Crippen LogP) is 2.69. The van der Waals surface area contributed by atoms with Crippen molar-refractivity contribution in [1.82, 2.24) is 4.90 Å². The summed E-state index contributed by atoms with van der Waals surface area (Å²) in [4.78, 5) is 24.9. The predicted molar refractivity (Wildman–Crippen MR) is 70.0 cm³/mol. The number of nitrogens with zero attached hydrogens (tertiary/aromatic N) is 1. The third kappa shape index (κ3) is 3.27. The van der Waals surface area contributed by atoms with Gasteiger partial charge in [0, 0.05) is 17.0 Å². The topological polar surface area (TPSA) is 57.6 Å². The van der Waals surface area contributed by atoms with Crippen LogP contribution in [0.2, 0.25) is 0 Å². The molecule has 1 aromatic carbocycles.